The molecule has 1 aliphatic rings. The molecule has 3 aromatic rings. The van der Waals surface area contributed by atoms with Gasteiger partial charge in [0.1, 0.15) is 11.6 Å². The Balaban J connectivity index is 2.01. The van der Waals surface area contributed by atoms with Crippen molar-refractivity contribution < 1.29 is 19.1 Å². The Kier molecular flexibility index (Phi) is 5.14. The minimum absolute atomic E-state index is 0.114. The number of Topliss-reactive ketones (excluding diaryl/α,β-unsaturated/α-hetero) is 1. The van der Waals surface area contributed by atoms with Crippen molar-refractivity contribution in [3.8, 4) is 0 Å². The SMILES string of the molecule is Cc1ccccc1N1C(=O)C(=O)/C(=C(/O)c2cccc(Cl)c2)C1c1ccccc1F. The predicted octanol–water partition coefficient (Wildman–Crippen LogP) is 5.41. The summed E-state index contributed by atoms with van der Waals surface area (Å²) >= 11 is 6.03. The van der Waals surface area contributed by atoms with Gasteiger partial charge in [-0.05, 0) is 36.8 Å². The number of carbonyl (C=O) groups is 2. The molecule has 0 spiro atoms. The summed E-state index contributed by atoms with van der Waals surface area (Å²) in [6.07, 6.45) is 0. The van der Waals surface area contributed by atoms with Crippen molar-refractivity contribution in [1.29, 1.82) is 0 Å². The molecular weight excluding hydrogens is 405 g/mol. The zero-order valence-electron chi connectivity index (χ0n) is 16.0. The normalized spacial score (nSPS) is 18.1. The van der Waals surface area contributed by atoms with Crippen LogP contribution in [-0.2, 0) is 9.59 Å². The first kappa shape index (κ1) is 19.9. The second-order valence-electron chi connectivity index (χ2n) is 6.99. The van der Waals surface area contributed by atoms with Gasteiger partial charge in [-0.25, -0.2) is 4.39 Å². The summed E-state index contributed by atoms with van der Waals surface area (Å²) in [5, 5.41) is 11.3. The van der Waals surface area contributed by atoms with E-state index in [1.54, 1.807) is 55.5 Å². The number of amides is 1. The average molecular weight is 422 g/mol. The standard InChI is InChI=1S/C24H17ClFNO3/c1-14-7-2-5-12-19(14)27-21(17-10-3-4-11-18(17)26)20(23(29)24(27)30)22(28)15-8-6-9-16(25)13-15/h2-13,21,28H,1H3/b22-20+. The lowest BCUT2D eigenvalue weighted by atomic mass is 9.94. The summed E-state index contributed by atoms with van der Waals surface area (Å²) in [5.41, 5.74) is 1.41. The van der Waals surface area contributed by atoms with E-state index in [9.17, 15) is 19.1 Å². The number of aliphatic hydroxyl groups is 1. The number of nitrogens with zero attached hydrogens (tertiary/aromatic N) is 1. The zero-order valence-corrected chi connectivity index (χ0v) is 16.7. The van der Waals surface area contributed by atoms with Crippen LogP contribution in [0.5, 0.6) is 0 Å². The van der Waals surface area contributed by atoms with Crippen molar-refractivity contribution in [3.63, 3.8) is 0 Å². The van der Waals surface area contributed by atoms with Crippen LogP contribution < -0.4 is 4.90 Å². The highest BCUT2D eigenvalue weighted by atomic mass is 35.5. The van der Waals surface area contributed by atoms with Crippen LogP contribution in [0.3, 0.4) is 0 Å². The summed E-state index contributed by atoms with van der Waals surface area (Å²) in [4.78, 5) is 27.3. The van der Waals surface area contributed by atoms with E-state index in [1.165, 1.54) is 29.2 Å². The van der Waals surface area contributed by atoms with Crippen molar-refractivity contribution in [2.45, 2.75) is 13.0 Å². The molecule has 4 rings (SSSR count). The van der Waals surface area contributed by atoms with Crippen LogP contribution in [0.15, 0.2) is 78.4 Å². The molecule has 0 aliphatic carbocycles. The first-order chi connectivity index (χ1) is 14.4. The Morgan fingerprint density at radius 2 is 1.70 bits per heavy atom. The molecule has 0 bridgehead atoms. The molecule has 0 radical (unpaired) electrons. The van der Waals surface area contributed by atoms with Crippen LogP contribution in [0, 0.1) is 12.7 Å². The van der Waals surface area contributed by atoms with E-state index in [-0.39, 0.29) is 16.7 Å². The highest BCUT2D eigenvalue weighted by Crippen LogP contribution is 2.43. The molecule has 30 heavy (non-hydrogen) atoms. The first-order valence-corrected chi connectivity index (χ1v) is 9.65. The van der Waals surface area contributed by atoms with Crippen LogP contribution in [0.1, 0.15) is 22.7 Å². The Morgan fingerprint density at radius 3 is 2.40 bits per heavy atom. The average Bonchev–Trinajstić information content (AvgIpc) is 2.99. The maximum Gasteiger partial charge on any atom is 0.300 e. The summed E-state index contributed by atoms with van der Waals surface area (Å²) in [5.74, 6) is -2.70. The van der Waals surface area contributed by atoms with Crippen molar-refractivity contribution in [1.82, 2.24) is 0 Å². The third-order valence-corrected chi connectivity index (χ3v) is 5.35. The molecule has 1 atom stereocenters. The first-order valence-electron chi connectivity index (χ1n) is 9.27. The largest absolute Gasteiger partial charge is 0.507 e. The molecule has 0 saturated carbocycles. The van der Waals surface area contributed by atoms with Gasteiger partial charge in [0.25, 0.3) is 11.7 Å². The van der Waals surface area contributed by atoms with E-state index in [1.807, 2.05) is 0 Å². The number of aryl methyl sites for hydroxylation is 1. The van der Waals surface area contributed by atoms with Crippen LogP contribution in [0.25, 0.3) is 5.76 Å². The van der Waals surface area contributed by atoms with Gasteiger partial charge in [0.05, 0.1) is 11.6 Å². The second-order valence-corrected chi connectivity index (χ2v) is 7.42. The molecule has 1 saturated heterocycles. The van der Waals surface area contributed by atoms with Crippen molar-refractivity contribution in [3.05, 3.63) is 106 Å². The molecule has 6 heteroatoms. The van der Waals surface area contributed by atoms with E-state index in [2.05, 4.69) is 0 Å². The van der Waals surface area contributed by atoms with Crippen molar-refractivity contribution in [2.75, 3.05) is 4.90 Å². The third kappa shape index (κ3) is 3.27. The van der Waals surface area contributed by atoms with Crippen LogP contribution >= 0.6 is 11.6 Å². The minimum atomic E-state index is -1.12. The van der Waals surface area contributed by atoms with Gasteiger partial charge in [-0.1, -0.05) is 60.1 Å². The molecule has 1 unspecified atom stereocenters. The molecule has 1 aliphatic heterocycles. The molecule has 1 fully saturated rings. The zero-order chi connectivity index (χ0) is 21.4. The number of anilines is 1. The van der Waals surface area contributed by atoms with Crippen LogP contribution in [0.2, 0.25) is 5.02 Å². The fourth-order valence-corrected chi connectivity index (χ4v) is 3.89. The third-order valence-electron chi connectivity index (χ3n) is 5.12. The number of benzene rings is 3. The number of hydrogen-bond acceptors (Lipinski definition) is 3. The molecule has 150 valence electrons. The molecule has 1 amide bonds. The number of para-hydroxylation sites is 1. The summed E-state index contributed by atoms with van der Waals surface area (Å²) in [6, 6.07) is 18.1. The van der Waals surface area contributed by atoms with Crippen molar-refractivity contribution >= 4 is 34.7 Å². The molecule has 0 aromatic heterocycles. The molecule has 1 N–H and O–H groups in total. The fourth-order valence-electron chi connectivity index (χ4n) is 3.70. The monoisotopic (exact) mass is 421 g/mol. The Morgan fingerprint density at radius 1 is 1.00 bits per heavy atom. The van der Waals surface area contributed by atoms with Gasteiger partial charge in [0.2, 0.25) is 0 Å². The number of carbonyl (C=O) groups excluding carboxylic acids is 2. The Bertz CT molecular complexity index is 1200. The smallest absolute Gasteiger partial charge is 0.300 e. The van der Waals surface area contributed by atoms with E-state index in [4.69, 9.17) is 11.6 Å². The molecule has 1 heterocycles. The van der Waals surface area contributed by atoms with Crippen LogP contribution in [0.4, 0.5) is 10.1 Å². The van der Waals surface area contributed by atoms with E-state index in [0.29, 0.717) is 10.7 Å². The van der Waals surface area contributed by atoms with E-state index < -0.39 is 29.3 Å². The number of ketones is 1. The Labute approximate surface area is 177 Å². The summed E-state index contributed by atoms with van der Waals surface area (Å²) in [7, 11) is 0. The van der Waals surface area contributed by atoms with Gasteiger partial charge in [0, 0.05) is 21.8 Å². The summed E-state index contributed by atoms with van der Waals surface area (Å²) in [6.45, 7) is 1.80. The van der Waals surface area contributed by atoms with Gasteiger partial charge in [-0.15, -0.1) is 0 Å². The lowest BCUT2D eigenvalue weighted by molar-refractivity contribution is -0.132. The predicted molar refractivity (Wildman–Crippen MR) is 114 cm³/mol. The Hall–Kier alpha value is -3.44. The quantitative estimate of drug-likeness (QED) is 0.349. The summed E-state index contributed by atoms with van der Waals surface area (Å²) < 4.78 is 14.8. The number of rotatable bonds is 3. The maximum atomic E-state index is 14.8. The number of halogens is 2. The van der Waals surface area contributed by atoms with Gasteiger partial charge < -0.3 is 5.11 Å². The van der Waals surface area contributed by atoms with Gasteiger partial charge in [-0.2, -0.15) is 0 Å². The highest BCUT2D eigenvalue weighted by molar-refractivity contribution is 6.51. The van der Waals surface area contributed by atoms with Crippen LogP contribution in [-0.4, -0.2) is 16.8 Å². The topological polar surface area (TPSA) is 57.6 Å². The molecular formula is C24H17ClFNO3. The van der Waals surface area contributed by atoms with Gasteiger partial charge in [-0.3, -0.25) is 14.5 Å². The number of hydrogen-bond donors (Lipinski definition) is 1. The minimum Gasteiger partial charge on any atom is -0.507 e. The van der Waals surface area contributed by atoms with Gasteiger partial charge in [0.15, 0.2) is 0 Å². The van der Waals surface area contributed by atoms with E-state index in [0.717, 1.165) is 5.56 Å². The second kappa shape index (κ2) is 7.76. The molecule has 4 nitrogen and oxygen atoms in total. The van der Waals surface area contributed by atoms with E-state index >= 15 is 0 Å². The lowest BCUT2D eigenvalue weighted by Crippen LogP contribution is -2.30. The molecule has 3 aromatic carbocycles. The fraction of sp³-hybridized carbons (Fsp3) is 0.0833. The maximum absolute atomic E-state index is 14.8. The highest BCUT2D eigenvalue weighted by Gasteiger charge is 2.48. The van der Waals surface area contributed by atoms with Gasteiger partial charge >= 0.3 is 0 Å². The number of aliphatic hydroxyl groups excluding tert-OH is 1. The van der Waals surface area contributed by atoms with Crippen molar-refractivity contribution in [2.24, 2.45) is 0 Å². The lowest BCUT2D eigenvalue weighted by Gasteiger charge is -2.27.